The molecule has 0 radical (unpaired) electrons. The zero-order valence-corrected chi connectivity index (χ0v) is 20.9. The van der Waals surface area contributed by atoms with Crippen molar-refractivity contribution < 1.29 is 45.6 Å². The largest absolute Gasteiger partial charge is 0.417 e. The van der Waals surface area contributed by atoms with Gasteiger partial charge in [-0.25, -0.2) is 13.6 Å². The summed E-state index contributed by atoms with van der Waals surface area (Å²) in [5, 5.41) is 15.7. The third-order valence-corrected chi connectivity index (χ3v) is 7.18. The molecule has 0 saturated heterocycles. The number of nitrogens with zero attached hydrogens (tertiary/aromatic N) is 1. The van der Waals surface area contributed by atoms with Crippen LogP contribution in [0.25, 0.3) is 11.1 Å². The van der Waals surface area contributed by atoms with Crippen molar-refractivity contribution in [1.29, 1.82) is 0 Å². The molecular formula is C25H15Cl2F5N4O4. The number of nitrogens with one attached hydrogen (secondary N) is 2. The maximum atomic E-state index is 14.4. The Morgan fingerprint density at radius 2 is 1.85 bits per heavy atom. The second-order valence-corrected chi connectivity index (χ2v) is 9.62. The van der Waals surface area contributed by atoms with E-state index in [2.05, 4.69) is 10.6 Å². The van der Waals surface area contributed by atoms with Crippen LogP contribution in [0.15, 0.2) is 36.4 Å². The molecule has 5 N–H and O–H groups in total. The van der Waals surface area contributed by atoms with Crippen LogP contribution in [-0.4, -0.2) is 34.8 Å². The third kappa shape index (κ3) is 4.03. The minimum absolute atomic E-state index is 0.0381. The highest BCUT2D eigenvalue weighted by Crippen LogP contribution is 2.52. The second-order valence-electron chi connectivity index (χ2n) is 8.80. The number of carbonyl (C=O) groups excluding carboxylic acids is 3. The molecule has 208 valence electrons. The van der Waals surface area contributed by atoms with Gasteiger partial charge < -0.3 is 26.4 Å². The number of alkyl halides is 4. The molecule has 3 aromatic carbocycles. The third-order valence-electron chi connectivity index (χ3n) is 6.44. The number of carbonyl (C=O) groups is 3. The zero-order valence-electron chi connectivity index (χ0n) is 22.4. The Morgan fingerprint density at radius 3 is 2.45 bits per heavy atom. The lowest BCUT2D eigenvalue weighted by Crippen LogP contribution is -2.41. The molecule has 2 unspecified atom stereocenters. The molecule has 0 saturated carbocycles. The molecule has 3 aromatic rings. The molecule has 15 heteroatoms. The van der Waals surface area contributed by atoms with E-state index in [1.54, 1.807) is 0 Å². The number of halogens is 7. The Morgan fingerprint density at radius 1 is 1.15 bits per heavy atom. The lowest BCUT2D eigenvalue weighted by molar-refractivity contribution is -0.137. The fourth-order valence-electron chi connectivity index (χ4n) is 4.82. The molecule has 8 nitrogen and oxygen atoms in total. The van der Waals surface area contributed by atoms with E-state index in [-0.39, 0.29) is 11.0 Å². The average molecular weight is 604 g/mol. The molecule has 2 heterocycles. The van der Waals surface area contributed by atoms with Crippen LogP contribution >= 0.6 is 23.2 Å². The minimum Gasteiger partial charge on any atom is -0.366 e. The molecular weight excluding hydrogens is 586 g/mol. The molecule has 0 bridgehead atoms. The van der Waals surface area contributed by atoms with E-state index in [1.807, 2.05) is 0 Å². The van der Waals surface area contributed by atoms with Crippen LogP contribution in [0.5, 0.6) is 0 Å². The smallest absolute Gasteiger partial charge is 0.366 e. The summed E-state index contributed by atoms with van der Waals surface area (Å²) in [4.78, 5) is 38.8. The first-order chi connectivity index (χ1) is 19.8. The molecule has 0 spiro atoms. The standard InChI is InChI=1S/C25H15Cl2F5N4O4/c1-36-20(27)12-7-10(16-11(21(33)37)4-9(29)5-14(16)25(30,31)32)18-17(19(12)34-23(36)39)22(38)35-24(18,40)13-3-2-8(28)6-15(13)26/h2-7,20,40H,1H3,(H2,33,37)(H,34,39)(H,35,38)/i1D3. The molecule has 0 aliphatic carbocycles. The van der Waals surface area contributed by atoms with Crippen molar-refractivity contribution in [2.24, 2.45) is 5.73 Å². The van der Waals surface area contributed by atoms with Crippen LogP contribution in [0, 0.1) is 11.6 Å². The number of fused-ring (bicyclic) bond motifs is 3. The molecule has 4 amide bonds. The number of urea groups is 1. The average Bonchev–Trinajstić information content (AvgIpc) is 3.13. The summed E-state index contributed by atoms with van der Waals surface area (Å²) in [5.74, 6) is -5.17. The molecule has 0 aromatic heterocycles. The van der Waals surface area contributed by atoms with Crippen molar-refractivity contribution in [3.63, 3.8) is 0 Å². The number of benzene rings is 3. The van der Waals surface area contributed by atoms with Crippen molar-refractivity contribution in [3.8, 4) is 11.1 Å². The number of hydrogen-bond donors (Lipinski definition) is 4. The quantitative estimate of drug-likeness (QED) is 0.190. The van der Waals surface area contributed by atoms with Gasteiger partial charge >= 0.3 is 12.2 Å². The highest BCUT2D eigenvalue weighted by atomic mass is 35.5. The second kappa shape index (κ2) is 9.04. The van der Waals surface area contributed by atoms with E-state index in [4.69, 9.17) is 33.0 Å². The fourth-order valence-corrected chi connectivity index (χ4v) is 5.39. The Hall–Kier alpha value is -3.94. The normalized spacial score (nSPS) is 21.6. The monoisotopic (exact) mass is 603 g/mol. The van der Waals surface area contributed by atoms with Crippen molar-refractivity contribution in [1.82, 2.24) is 10.2 Å². The Labute approximate surface area is 235 Å². The summed E-state index contributed by atoms with van der Waals surface area (Å²) in [5.41, 5.74) is -7.00. The van der Waals surface area contributed by atoms with E-state index in [0.717, 1.165) is 24.3 Å². The Kier molecular flexibility index (Phi) is 5.41. The van der Waals surface area contributed by atoms with Crippen LogP contribution in [0.3, 0.4) is 0 Å². The van der Waals surface area contributed by atoms with Crippen molar-refractivity contribution in [2.45, 2.75) is 17.4 Å². The minimum atomic E-state index is -5.37. The number of amides is 4. The first-order valence-electron chi connectivity index (χ1n) is 12.4. The topological polar surface area (TPSA) is 125 Å². The summed E-state index contributed by atoms with van der Waals surface area (Å²) in [6, 6.07) is 2.36. The maximum Gasteiger partial charge on any atom is 0.417 e. The first-order valence-corrected chi connectivity index (χ1v) is 11.8. The van der Waals surface area contributed by atoms with Gasteiger partial charge in [0.1, 0.15) is 17.1 Å². The van der Waals surface area contributed by atoms with E-state index >= 15 is 0 Å². The highest BCUT2D eigenvalue weighted by molar-refractivity contribution is 6.31. The Bertz CT molecular complexity index is 1770. The van der Waals surface area contributed by atoms with Gasteiger partial charge in [0, 0.05) is 33.3 Å². The van der Waals surface area contributed by atoms with Gasteiger partial charge in [0.25, 0.3) is 5.91 Å². The van der Waals surface area contributed by atoms with Gasteiger partial charge in [-0.2, -0.15) is 13.2 Å². The van der Waals surface area contributed by atoms with Crippen LogP contribution in [0.1, 0.15) is 52.6 Å². The predicted molar refractivity (Wildman–Crippen MR) is 133 cm³/mol. The van der Waals surface area contributed by atoms with Gasteiger partial charge in [-0.05, 0) is 42.0 Å². The number of anilines is 1. The summed E-state index contributed by atoms with van der Waals surface area (Å²) in [6.07, 6.45) is -5.37. The summed E-state index contributed by atoms with van der Waals surface area (Å²) in [7, 11) is 0. The van der Waals surface area contributed by atoms with Gasteiger partial charge in [0.2, 0.25) is 5.91 Å². The lowest BCUT2D eigenvalue weighted by atomic mass is 9.81. The van der Waals surface area contributed by atoms with Crippen molar-refractivity contribution in [3.05, 3.63) is 86.4 Å². The van der Waals surface area contributed by atoms with E-state index < -0.39 is 109 Å². The highest BCUT2D eigenvalue weighted by Gasteiger charge is 2.51. The zero-order chi connectivity index (χ0) is 32.0. The first kappa shape index (κ1) is 23.9. The molecule has 0 fully saturated rings. The van der Waals surface area contributed by atoms with Gasteiger partial charge in [-0.3, -0.25) is 9.59 Å². The predicted octanol–water partition coefficient (Wildman–Crippen LogP) is 5.05. The number of hydrogen-bond acceptors (Lipinski definition) is 4. The number of nitrogens with two attached hydrogens (primary N) is 1. The molecule has 2 aliphatic rings. The van der Waals surface area contributed by atoms with E-state index in [0.29, 0.717) is 6.07 Å². The molecule has 5 rings (SSSR count). The maximum absolute atomic E-state index is 14.4. The van der Waals surface area contributed by atoms with Gasteiger partial charge in [0.15, 0.2) is 5.72 Å². The van der Waals surface area contributed by atoms with Crippen molar-refractivity contribution >= 4 is 46.7 Å². The van der Waals surface area contributed by atoms with Crippen molar-refractivity contribution in [2.75, 3.05) is 12.3 Å². The SMILES string of the molecule is [2H]C([2H])([2H])N1C(=O)Nc2c(cc(-c3c(C(N)=O)cc(F)cc3C(F)(F)F)c3c2C(=O)NC3(O)c2ccc(F)cc2Cl)C1Cl. The molecule has 2 atom stereocenters. The van der Waals surface area contributed by atoms with Gasteiger partial charge in [0.05, 0.1) is 27.4 Å². The van der Waals surface area contributed by atoms with E-state index in [9.17, 15) is 41.4 Å². The van der Waals surface area contributed by atoms with Crippen LogP contribution in [-0.2, 0) is 11.9 Å². The summed E-state index contributed by atoms with van der Waals surface area (Å²) >= 11 is 12.5. The summed E-state index contributed by atoms with van der Waals surface area (Å²) in [6.45, 7) is -3.19. The number of rotatable bonds is 3. The number of primary amides is 1. The molecule has 40 heavy (non-hydrogen) atoms. The van der Waals surface area contributed by atoms with Crippen LogP contribution in [0.2, 0.25) is 5.02 Å². The Balaban J connectivity index is 2.00. The van der Waals surface area contributed by atoms with E-state index in [1.165, 1.54) is 0 Å². The molecule has 2 aliphatic heterocycles. The van der Waals surface area contributed by atoms with Gasteiger partial charge in [-0.15, -0.1) is 0 Å². The fraction of sp³-hybridized carbons (Fsp3) is 0.160. The van der Waals surface area contributed by atoms with Gasteiger partial charge in [-0.1, -0.05) is 23.2 Å². The van der Waals surface area contributed by atoms with Crippen LogP contribution < -0.4 is 16.4 Å². The lowest BCUT2D eigenvalue weighted by Gasteiger charge is -2.34. The van der Waals surface area contributed by atoms with Crippen LogP contribution in [0.4, 0.5) is 32.4 Å². The summed E-state index contributed by atoms with van der Waals surface area (Å²) < 4.78 is 94.6. The number of aliphatic hydroxyl groups is 1.